The standard InChI is InChI=1S/C16H26O3S2/c1-3-20-16(21-4-2)10-12(14(18)9-15(16)19)11-7-5-6-8-13(11)17/h9,11-13,17,19H,3-8,10H2,1-2H3/t11-,12?,13-/m0/s1. The summed E-state index contributed by atoms with van der Waals surface area (Å²) in [5.74, 6) is 1.94. The number of aliphatic hydroxyl groups is 2. The molecule has 0 spiro atoms. The van der Waals surface area contributed by atoms with E-state index in [9.17, 15) is 15.0 Å². The molecule has 3 atom stereocenters. The van der Waals surface area contributed by atoms with Crippen LogP contribution in [0.2, 0.25) is 0 Å². The Morgan fingerprint density at radius 2 is 1.86 bits per heavy atom. The molecule has 2 aliphatic rings. The highest BCUT2D eigenvalue weighted by molar-refractivity contribution is 8.18. The third kappa shape index (κ3) is 3.62. The summed E-state index contributed by atoms with van der Waals surface area (Å²) in [6.45, 7) is 4.16. The van der Waals surface area contributed by atoms with E-state index in [4.69, 9.17) is 0 Å². The van der Waals surface area contributed by atoms with E-state index in [0.29, 0.717) is 6.42 Å². The molecule has 21 heavy (non-hydrogen) atoms. The van der Waals surface area contributed by atoms with Crippen molar-refractivity contribution in [3.8, 4) is 0 Å². The lowest BCUT2D eigenvalue weighted by Crippen LogP contribution is -2.42. The third-order valence-electron chi connectivity index (χ3n) is 4.58. The van der Waals surface area contributed by atoms with Gasteiger partial charge in [0, 0.05) is 12.0 Å². The van der Waals surface area contributed by atoms with Gasteiger partial charge in [0.2, 0.25) is 0 Å². The lowest BCUT2D eigenvalue weighted by Gasteiger charge is -2.42. The number of ketones is 1. The van der Waals surface area contributed by atoms with Gasteiger partial charge in [-0.1, -0.05) is 26.7 Å². The number of carbonyl (C=O) groups excluding carboxylic acids is 1. The van der Waals surface area contributed by atoms with Crippen molar-refractivity contribution in [2.45, 2.75) is 56.1 Å². The highest BCUT2D eigenvalue weighted by Gasteiger charge is 2.47. The van der Waals surface area contributed by atoms with Crippen LogP contribution in [0.15, 0.2) is 11.8 Å². The summed E-state index contributed by atoms with van der Waals surface area (Å²) in [6, 6.07) is 0. The summed E-state index contributed by atoms with van der Waals surface area (Å²) in [7, 11) is 0. The van der Waals surface area contributed by atoms with Crippen molar-refractivity contribution in [1.82, 2.24) is 0 Å². The van der Waals surface area contributed by atoms with Gasteiger partial charge in [-0.3, -0.25) is 4.79 Å². The molecule has 1 unspecified atom stereocenters. The number of rotatable bonds is 5. The zero-order valence-corrected chi connectivity index (χ0v) is 14.5. The van der Waals surface area contributed by atoms with Crippen LogP contribution in [0.5, 0.6) is 0 Å². The number of hydrogen-bond donors (Lipinski definition) is 2. The molecule has 0 aromatic heterocycles. The van der Waals surface area contributed by atoms with Gasteiger partial charge in [0.15, 0.2) is 5.78 Å². The van der Waals surface area contributed by atoms with Crippen molar-refractivity contribution in [3.63, 3.8) is 0 Å². The summed E-state index contributed by atoms with van der Waals surface area (Å²) in [4.78, 5) is 12.4. The topological polar surface area (TPSA) is 57.5 Å². The molecule has 0 radical (unpaired) electrons. The Kier molecular flexibility index (Phi) is 6.09. The minimum absolute atomic E-state index is 0.00230. The van der Waals surface area contributed by atoms with E-state index in [1.165, 1.54) is 6.08 Å². The SMILES string of the molecule is CCSC1(SCC)CC([C@@H]2CCCC[C@@H]2O)C(=O)C=C1O. The molecule has 0 heterocycles. The summed E-state index contributed by atoms with van der Waals surface area (Å²) in [5.41, 5.74) is 0. The summed E-state index contributed by atoms with van der Waals surface area (Å²) < 4.78 is -0.404. The van der Waals surface area contributed by atoms with E-state index >= 15 is 0 Å². The molecule has 3 nitrogen and oxygen atoms in total. The number of carbonyl (C=O) groups is 1. The normalized spacial score (nSPS) is 32.8. The van der Waals surface area contributed by atoms with Gasteiger partial charge in [-0.2, -0.15) is 0 Å². The average Bonchev–Trinajstić information content (AvgIpc) is 2.44. The second-order valence-corrected chi connectivity index (χ2v) is 9.26. The molecule has 0 aromatic rings. The minimum atomic E-state index is -0.404. The van der Waals surface area contributed by atoms with Crippen molar-refractivity contribution < 1.29 is 15.0 Å². The third-order valence-corrected chi connectivity index (χ3v) is 7.55. The molecule has 1 saturated carbocycles. The van der Waals surface area contributed by atoms with Crippen molar-refractivity contribution in [2.75, 3.05) is 11.5 Å². The van der Waals surface area contributed by atoms with Crippen LogP contribution in [0.1, 0.15) is 46.0 Å². The molecule has 0 aromatic carbocycles. The van der Waals surface area contributed by atoms with Crippen molar-refractivity contribution in [3.05, 3.63) is 11.8 Å². The molecule has 0 amide bonds. The maximum atomic E-state index is 12.4. The van der Waals surface area contributed by atoms with Crippen LogP contribution in [-0.4, -0.2) is 37.7 Å². The van der Waals surface area contributed by atoms with Gasteiger partial charge in [0.1, 0.15) is 9.84 Å². The highest BCUT2D eigenvalue weighted by atomic mass is 32.2. The Hall–Kier alpha value is -0.130. The molecule has 1 fully saturated rings. The van der Waals surface area contributed by atoms with Gasteiger partial charge in [-0.25, -0.2) is 0 Å². The smallest absolute Gasteiger partial charge is 0.162 e. The lowest BCUT2D eigenvalue weighted by atomic mass is 9.72. The quantitative estimate of drug-likeness (QED) is 0.752. The highest BCUT2D eigenvalue weighted by Crippen LogP contribution is 2.51. The van der Waals surface area contributed by atoms with Crippen LogP contribution in [0, 0.1) is 11.8 Å². The zero-order chi connectivity index (χ0) is 15.5. The maximum absolute atomic E-state index is 12.4. The lowest BCUT2D eigenvalue weighted by molar-refractivity contribution is -0.123. The second-order valence-electron chi connectivity index (χ2n) is 5.88. The van der Waals surface area contributed by atoms with E-state index in [1.54, 1.807) is 23.5 Å². The molecule has 0 bridgehead atoms. The number of allylic oxidation sites excluding steroid dienone is 1. The molecular formula is C16H26O3S2. The summed E-state index contributed by atoms with van der Waals surface area (Å²) in [6.07, 6.45) is 5.59. The van der Waals surface area contributed by atoms with Gasteiger partial charge in [-0.05, 0) is 36.7 Å². The molecular weight excluding hydrogens is 304 g/mol. The van der Waals surface area contributed by atoms with Crippen LogP contribution in [-0.2, 0) is 4.79 Å². The molecule has 5 heteroatoms. The molecule has 0 saturated heterocycles. The minimum Gasteiger partial charge on any atom is -0.510 e. The van der Waals surface area contributed by atoms with Crippen LogP contribution in [0.4, 0.5) is 0 Å². The first kappa shape index (κ1) is 17.2. The Labute approximate surface area is 136 Å². The Balaban J connectivity index is 2.25. The maximum Gasteiger partial charge on any atom is 0.162 e. The van der Waals surface area contributed by atoms with Crippen LogP contribution < -0.4 is 0 Å². The monoisotopic (exact) mass is 330 g/mol. The summed E-state index contributed by atoms with van der Waals surface area (Å²) in [5, 5.41) is 20.7. The fourth-order valence-corrected chi connectivity index (χ4v) is 6.57. The van der Waals surface area contributed by atoms with E-state index in [2.05, 4.69) is 13.8 Å². The molecule has 120 valence electrons. The number of thioether (sulfide) groups is 2. The van der Waals surface area contributed by atoms with Gasteiger partial charge in [-0.15, -0.1) is 23.5 Å². The predicted molar refractivity (Wildman–Crippen MR) is 90.8 cm³/mol. The van der Waals surface area contributed by atoms with Crippen molar-refractivity contribution >= 4 is 29.3 Å². The fraction of sp³-hybridized carbons (Fsp3) is 0.812. The van der Waals surface area contributed by atoms with Gasteiger partial charge in [0.25, 0.3) is 0 Å². The first-order valence-corrected chi connectivity index (χ1v) is 9.92. The van der Waals surface area contributed by atoms with Gasteiger partial charge < -0.3 is 10.2 Å². The average molecular weight is 331 g/mol. The van der Waals surface area contributed by atoms with Crippen LogP contribution >= 0.6 is 23.5 Å². The second kappa shape index (κ2) is 7.42. The first-order chi connectivity index (χ1) is 10.0. The molecule has 0 aliphatic heterocycles. The van der Waals surface area contributed by atoms with Crippen LogP contribution in [0.25, 0.3) is 0 Å². The number of aliphatic hydroxyl groups excluding tert-OH is 2. The number of hydrogen-bond acceptors (Lipinski definition) is 5. The van der Waals surface area contributed by atoms with Gasteiger partial charge >= 0.3 is 0 Å². The van der Waals surface area contributed by atoms with E-state index in [0.717, 1.165) is 37.2 Å². The molecule has 2 rings (SSSR count). The molecule has 2 N–H and O–H groups in total. The Morgan fingerprint density at radius 3 is 2.43 bits per heavy atom. The van der Waals surface area contributed by atoms with E-state index in [-0.39, 0.29) is 29.5 Å². The largest absolute Gasteiger partial charge is 0.510 e. The predicted octanol–water partition coefficient (Wildman–Crippen LogP) is 3.77. The van der Waals surface area contributed by atoms with Gasteiger partial charge in [0.05, 0.1) is 6.10 Å². The molecule has 2 aliphatic carbocycles. The van der Waals surface area contributed by atoms with Crippen molar-refractivity contribution in [1.29, 1.82) is 0 Å². The van der Waals surface area contributed by atoms with E-state index in [1.807, 2.05) is 0 Å². The fourth-order valence-electron chi connectivity index (χ4n) is 3.59. The summed E-state index contributed by atoms with van der Waals surface area (Å²) >= 11 is 3.43. The van der Waals surface area contributed by atoms with Crippen molar-refractivity contribution in [2.24, 2.45) is 11.8 Å². The zero-order valence-electron chi connectivity index (χ0n) is 12.9. The van der Waals surface area contributed by atoms with E-state index < -0.39 is 4.08 Å². The Morgan fingerprint density at radius 1 is 1.24 bits per heavy atom. The Bertz CT molecular complexity index is 402. The van der Waals surface area contributed by atoms with Crippen LogP contribution in [0.3, 0.4) is 0 Å². The first-order valence-electron chi connectivity index (χ1n) is 7.95.